The Morgan fingerprint density at radius 2 is 1.35 bits per heavy atom. The molecule has 0 unspecified atom stereocenters. The monoisotopic (exact) mass is 571 g/mol. The van der Waals surface area contributed by atoms with Crippen LogP contribution in [0.3, 0.4) is 0 Å². The zero-order valence-electron chi connectivity index (χ0n) is 25.2. The molecular weight excluding hydrogens is 518 g/mol. The zero-order valence-corrected chi connectivity index (χ0v) is 25.2. The van der Waals surface area contributed by atoms with Crippen LogP contribution >= 0.6 is 0 Å². The average Bonchev–Trinajstić information content (AvgIpc) is 2.90. The van der Waals surface area contributed by atoms with Crippen molar-refractivity contribution in [1.29, 1.82) is 0 Å². The van der Waals surface area contributed by atoms with E-state index in [-0.39, 0.29) is 25.0 Å². The lowest BCUT2D eigenvalue weighted by atomic mass is 9.94. The van der Waals surface area contributed by atoms with Gasteiger partial charge < -0.3 is 46.9 Å². The number of aldehydes is 1. The fourth-order valence-electron chi connectivity index (χ4n) is 3.75. The van der Waals surface area contributed by atoms with Crippen LogP contribution in [0.1, 0.15) is 80.1 Å². The molecule has 0 aromatic rings. The Balaban J connectivity index is 4.67. The Labute approximate surface area is 239 Å². The molecule has 8 N–H and O–H groups in total. The van der Waals surface area contributed by atoms with Gasteiger partial charge in [-0.2, -0.15) is 0 Å². The lowest BCUT2D eigenvalue weighted by Crippen LogP contribution is -2.47. The average molecular weight is 572 g/mol. The Hall–Kier alpha value is -2.61. The number of carbonyl (C=O) groups excluding carboxylic acids is 3. The third-order valence-corrected chi connectivity index (χ3v) is 7.17. The van der Waals surface area contributed by atoms with E-state index in [2.05, 4.69) is 31.6 Å². The van der Waals surface area contributed by atoms with E-state index in [1.165, 1.54) is 0 Å². The minimum Gasteiger partial charge on any atom is -0.411 e. The summed E-state index contributed by atoms with van der Waals surface area (Å²) >= 11 is 0. The van der Waals surface area contributed by atoms with Crippen LogP contribution < -0.4 is 27.0 Å². The van der Waals surface area contributed by atoms with Crippen molar-refractivity contribution in [3.63, 3.8) is 0 Å². The van der Waals surface area contributed by atoms with E-state index in [9.17, 15) is 14.4 Å². The summed E-state index contributed by atoms with van der Waals surface area (Å²) in [7, 11) is 0. The van der Waals surface area contributed by atoms with E-state index < -0.39 is 23.0 Å². The lowest BCUT2D eigenvalue weighted by molar-refractivity contribution is -0.132. The maximum Gasteiger partial charge on any atom is 0.246 e. The van der Waals surface area contributed by atoms with Crippen molar-refractivity contribution in [3.8, 4) is 0 Å². The van der Waals surface area contributed by atoms with Gasteiger partial charge in [0.2, 0.25) is 11.8 Å². The summed E-state index contributed by atoms with van der Waals surface area (Å²) in [5.41, 5.74) is 5.70. The van der Waals surface area contributed by atoms with Crippen LogP contribution in [0.2, 0.25) is 0 Å². The van der Waals surface area contributed by atoms with E-state index in [0.29, 0.717) is 50.3 Å². The molecule has 0 aromatic heterocycles. The van der Waals surface area contributed by atoms with E-state index >= 15 is 0 Å². The summed E-state index contributed by atoms with van der Waals surface area (Å²) in [6.07, 6.45) is 5.08. The SMILES string of the molecule is C/C(=N/O)C(C)(C)NCCC(CCNC(=O)COCC(=O)N[C@H](C=O)CCCCN)CCNC(C)(C)/C(C)=N\O. The van der Waals surface area contributed by atoms with Gasteiger partial charge in [0.05, 0.1) is 28.5 Å². The van der Waals surface area contributed by atoms with Gasteiger partial charge in [0.25, 0.3) is 0 Å². The topological polar surface area (TPSA) is 200 Å². The van der Waals surface area contributed by atoms with Gasteiger partial charge in [0.15, 0.2) is 0 Å². The summed E-state index contributed by atoms with van der Waals surface area (Å²) < 4.78 is 5.21. The van der Waals surface area contributed by atoms with Gasteiger partial charge in [-0.15, -0.1) is 0 Å². The smallest absolute Gasteiger partial charge is 0.246 e. The molecule has 0 aliphatic carbocycles. The normalized spacial score (nSPS) is 14.5. The minimum atomic E-state index is -0.590. The fraction of sp³-hybridized carbons (Fsp3) is 0.815. The number of nitrogens with one attached hydrogen (secondary N) is 4. The Bertz CT molecular complexity index is 781. The molecule has 0 saturated carbocycles. The first-order valence-corrected chi connectivity index (χ1v) is 14.0. The van der Waals surface area contributed by atoms with Gasteiger partial charge in [-0.3, -0.25) is 9.59 Å². The Morgan fingerprint density at radius 3 is 1.82 bits per heavy atom. The van der Waals surface area contributed by atoms with Gasteiger partial charge in [-0.05, 0) is 106 Å². The number of hydrogen-bond donors (Lipinski definition) is 7. The number of hydrogen-bond acceptors (Lipinski definition) is 11. The van der Waals surface area contributed by atoms with Gasteiger partial charge >= 0.3 is 0 Å². The second-order valence-corrected chi connectivity index (χ2v) is 11.1. The van der Waals surface area contributed by atoms with Crippen LogP contribution in [0, 0.1) is 5.92 Å². The highest BCUT2D eigenvalue weighted by Crippen LogP contribution is 2.15. The van der Waals surface area contributed by atoms with Crippen LogP contribution in [0.25, 0.3) is 0 Å². The number of oxime groups is 2. The molecule has 0 fully saturated rings. The van der Waals surface area contributed by atoms with Crippen LogP contribution in [-0.4, -0.2) is 96.5 Å². The summed E-state index contributed by atoms with van der Waals surface area (Å²) in [4.78, 5) is 35.3. The van der Waals surface area contributed by atoms with Crippen LogP contribution in [0.15, 0.2) is 10.3 Å². The Morgan fingerprint density at radius 1 is 0.850 bits per heavy atom. The molecule has 0 saturated heterocycles. The third kappa shape index (κ3) is 16.5. The second kappa shape index (κ2) is 20.3. The first-order valence-electron chi connectivity index (χ1n) is 14.0. The largest absolute Gasteiger partial charge is 0.411 e. The fourth-order valence-corrected chi connectivity index (χ4v) is 3.75. The molecule has 0 rings (SSSR count). The van der Waals surface area contributed by atoms with E-state index in [1.807, 2.05) is 27.7 Å². The van der Waals surface area contributed by atoms with Crippen molar-refractivity contribution in [2.24, 2.45) is 22.0 Å². The van der Waals surface area contributed by atoms with E-state index in [1.54, 1.807) is 13.8 Å². The first kappa shape index (κ1) is 37.4. The molecule has 0 aromatic carbocycles. The molecule has 13 heteroatoms. The van der Waals surface area contributed by atoms with Crippen LogP contribution in [0.5, 0.6) is 0 Å². The number of nitrogens with two attached hydrogens (primary N) is 1. The van der Waals surface area contributed by atoms with Gasteiger partial charge in [0.1, 0.15) is 19.5 Å². The van der Waals surface area contributed by atoms with Gasteiger partial charge in [-0.25, -0.2) is 0 Å². The quantitative estimate of drug-likeness (QED) is 0.0309. The molecule has 0 spiro atoms. The number of amides is 2. The van der Waals surface area contributed by atoms with Crippen molar-refractivity contribution in [2.75, 3.05) is 39.4 Å². The first-order chi connectivity index (χ1) is 18.8. The summed E-state index contributed by atoms with van der Waals surface area (Å²) in [6, 6.07) is -0.590. The standard InChI is InChI=1S/C27H53N7O6/c1-20(33-38)26(3,4)30-15-11-22(12-16-31-27(5,6)21(2)34-39)10-14-29-24(36)18-40-19-25(37)32-23(17-35)9-7-8-13-28/h17,22-23,30-31,38-39H,7-16,18-19,28H2,1-6H3,(H,29,36)(H,32,37)/b33-20-,34-21-/t23-/m0/s1. The number of rotatable bonds is 23. The molecule has 1 atom stereocenters. The molecule has 2 amide bonds. The van der Waals surface area contributed by atoms with Crippen molar-refractivity contribution in [1.82, 2.24) is 21.3 Å². The number of carbonyl (C=O) groups is 3. The van der Waals surface area contributed by atoms with Gasteiger partial charge in [-0.1, -0.05) is 10.3 Å². The van der Waals surface area contributed by atoms with E-state index in [0.717, 1.165) is 32.1 Å². The minimum absolute atomic E-state index is 0.260. The van der Waals surface area contributed by atoms with Crippen LogP contribution in [-0.2, 0) is 19.1 Å². The number of nitrogens with zero attached hydrogens (tertiary/aromatic N) is 2. The summed E-state index contributed by atoms with van der Waals surface area (Å²) in [6.45, 7) is 13.1. The molecule has 0 heterocycles. The van der Waals surface area contributed by atoms with Gasteiger partial charge in [0, 0.05) is 6.54 Å². The molecule has 232 valence electrons. The molecule has 0 bridgehead atoms. The highest BCUT2D eigenvalue weighted by molar-refractivity contribution is 5.90. The highest BCUT2D eigenvalue weighted by Gasteiger charge is 2.24. The molecule has 40 heavy (non-hydrogen) atoms. The molecular formula is C27H53N7O6. The van der Waals surface area contributed by atoms with Crippen molar-refractivity contribution in [2.45, 2.75) is 97.2 Å². The summed E-state index contributed by atoms with van der Waals surface area (Å²) in [5, 5.41) is 37.1. The maximum atomic E-state index is 12.2. The maximum absolute atomic E-state index is 12.2. The molecule has 13 nitrogen and oxygen atoms in total. The highest BCUT2D eigenvalue weighted by atomic mass is 16.5. The van der Waals surface area contributed by atoms with Crippen molar-refractivity contribution in [3.05, 3.63) is 0 Å². The molecule has 0 aliphatic rings. The number of unbranched alkanes of at least 4 members (excludes halogenated alkanes) is 1. The van der Waals surface area contributed by atoms with Crippen LogP contribution in [0.4, 0.5) is 0 Å². The Kier molecular flexibility index (Phi) is 19.0. The lowest BCUT2D eigenvalue weighted by Gasteiger charge is -2.28. The number of ether oxygens (including phenoxy) is 1. The van der Waals surface area contributed by atoms with Crippen molar-refractivity contribution < 1.29 is 29.5 Å². The van der Waals surface area contributed by atoms with E-state index in [4.69, 9.17) is 20.9 Å². The molecule has 0 radical (unpaired) electrons. The zero-order chi connectivity index (χ0) is 30.6. The molecule has 0 aliphatic heterocycles. The second-order valence-electron chi connectivity index (χ2n) is 11.1. The predicted octanol–water partition coefficient (Wildman–Crippen LogP) is 1.16. The third-order valence-electron chi connectivity index (χ3n) is 7.17. The predicted molar refractivity (Wildman–Crippen MR) is 156 cm³/mol. The van der Waals surface area contributed by atoms with Crippen molar-refractivity contribution >= 4 is 29.5 Å². The summed E-state index contributed by atoms with van der Waals surface area (Å²) in [5.74, 6) is -0.521.